The maximum absolute atomic E-state index is 13.2. The standard InChI is InChI=1S/C18H13F4NO2/c19-16-10-14(9-15(11-16)18(20,21)22)7-4-8-23-17(24)25-12-13-5-2-1-3-6-13/h1-3,5-6,9-11H,8,12H2,(H,23,24). The molecule has 0 saturated heterocycles. The first-order valence-corrected chi connectivity index (χ1v) is 7.16. The van der Waals surface area contributed by atoms with Gasteiger partial charge in [-0.3, -0.25) is 0 Å². The summed E-state index contributed by atoms with van der Waals surface area (Å²) in [6, 6.07) is 11.0. The Labute approximate surface area is 141 Å². The van der Waals surface area contributed by atoms with Crippen LogP contribution in [0.15, 0.2) is 48.5 Å². The second-order valence-corrected chi connectivity index (χ2v) is 4.94. The second-order valence-electron chi connectivity index (χ2n) is 4.94. The zero-order valence-corrected chi connectivity index (χ0v) is 12.9. The molecule has 3 nitrogen and oxygen atoms in total. The van der Waals surface area contributed by atoms with Gasteiger partial charge in [0.15, 0.2) is 0 Å². The monoisotopic (exact) mass is 351 g/mol. The average molecular weight is 351 g/mol. The van der Waals surface area contributed by atoms with E-state index in [0.717, 1.165) is 17.7 Å². The largest absolute Gasteiger partial charge is 0.445 e. The number of ether oxygens (including phenoxy) is 1. The number of alkyl halides is 3. The lowest BCUT2D eigenvalue weighted by Crippen LogP contribution is -2.24. The smallest absolute Gasteiger partial charge is 0.416 e. The van der Waals surface area contributed by atoms with E-state index in [1.54, 1.807) is 24.3 Å². The summed E-state index contributed by atoms with van der Waals surface area (Å²) >= 11 is 0. The Hall–Kier alpha value is -3.01. The van der Waals surface area contributed by atoms with Crippen LogP contribution in [0.2, 0.25) is 0 Å². The van der Waals surface area contributed by atoms with Crippen molar-refractivity contribution in [3.8, 4) is 11.8 Å². The molecule has 0 atom stereocenters. The summed E-state index contributed by atoms with van der Waals surface area (Å²) in [7, 11) is 0. The van der Waals surface area contributed by atoms with E-state index in [4.69, 9.17) is 4.74 Å². The highest BCUT2D eigenvalue weighted by Gasteiger charge is 2.31. The zero-order valence-electron chi connectivity index (χ0n) is 12.9. The van der Waals surface area contributed by atoms with Crippen LogP contribution in [0.1, 0.15) is 16.7 Å². The van der Waals surface area contributed by atoms with Gasteiger partial charge < -0.3 is 10.1 Å². The molecule has 0 radical (unpaired) electrons. The Morgan fingerprint density at radius 2 is 1.84 bits per heavy atom. The molecule has 25 heavy (non-hydrogen) atoms. The summed E-state index contributed by atoms with van der Waals surface area (Å²) in [5.74, 6) is 3.77. The predicted octanol–water partition coefficient (Wildman–Crippen LogP) is 4.12. The van der Waals surface area contributed by atoms with E-state index in [2.05, 4.69) is 17.2 Å². The first-order chi connectivity index (χ1) is 11.8. The van der Waals surface area contributed by atoms with Gasteiger partial charge in [-0.1, -0.05) is 42.2 Å². The number of alkyl carbamates (subject to hydrolysis) is 1. The fourth-order valence-electron chi connectivity index (χ4n) is 1.86. The van der Waals surface area contributed by atoms with Crippen LogP contribution in [0, 0.1) is 17.7 Å². The molecular weight excluding hydrogens is 338 g/mol. The SMILES string of the molecule is O=C(NCC#Cc1cc(F)cc(C(F)(F)F)c1)OCc1ccccc1. The molecule has 0 saturated carbocycles. The number of hydrogen-bond acceptors (Lipinski definition) is 2. The van der Waals surface area contributed by atoms with Gasteiger partial charge in [-0.2, -0.15) is 13.2 Å². The quantitative estimate of drug-likeness (QED) is 0.667. The highest BCUT2D eigenvalue weighted by Crippen LogP contribution is 2.30. The zero-order chi connectivity index (χ0) is 18.3. The highest BCUT2D eigenvalue weighted by molar-refractivity contribution is 5.67. The summed E-state index contributed by atoms with van der Waals surface area (Å²) < 4.78 is 55.9. The van der Waals surface area contributed by atoms with Gasteiger partial charge in [0.1, 0.15) is 12.4 Å². The molecule has 0 aliphatic heterocycles. The molecule has 0 spiro atoms. The van der Waals surface area contributed by atoms with Crippen molar-refractivity contribution in [3.63, 3.8) is 0 Å². The lowest BCUT2D eigenvalue weighted by Gasteiger charge is -2.06. The van der Waals surface area contributed by atoms with Gasteiger partial charge >= 0.3 is 12.3 Å². The molecule has 7 heteroatoms. The molecular formula is C18H13F4NO2. The van der Waals surface area contributed by atoms with E-state index < -0.39 is 23.7 Å². The van der Waals surface area contributed by atoms with E-state index in [9.17, 15) is 22.4 Å². The molecule has 0 fully saturated rings. The number of benzene rings is 2. The van der Waals surface area contributed by atoms with Crippen LogP contribution in [0.3, 0.4) is 0 Å². The molecule has 0 bridgehead atoms. The normalized spacial score (nSPS) is 10.6. The number of amides is 1. The van der Waals surface area contributed by atoms with Crippen LogP contribution >= 0.6 is 0 Å². The van der Waals surface area contributed by atoms with Crippen molar-refractivity contribution in [3.05, 3.63) is 71.0 Å². The molecule has 0 heterocycles. The summed E-state index contributed by atoms with van der Waals surface area (Å²) in [4.78, 5) is 11.5. The lowest BCUT2D eigenvalue weighted by molar-refractivity contribution is -0.137. The van der Waals surface area contributed by atoms with Gasteiger partial charge in [-0.05, 0) is 23.8 Å². The van der Waals surface area contributed by atoms with E-state index in [0.29, 0.717) is 6.07 Å². The van der Waals surface area contributed by atoms with Gasteiger partial charge in [0.05, 0.1) is 12.1 Å². The lowest BCUT2D eigenvalue weighted by atomic mass is 10.1. The highest BCUT2D eigenvalue weighted by atomic mass is 19.4. The Bertz CT molecular complexity index is 792. The summed E-state index contributed by atoms with van der Waals surface area (Å²) in [6.45, 7) is -0.0651. The van der Waals surface area contributed by atoms with Crippen molar-refractivity contribution in [2.45, 2.75) is 12.8 Å². The number of hydrogen-bond donors (Lipinski definition) is 1. The minimum Gasteiger partial charge on any atom is -0.445 e. The van der Waals surface area contributed by atoms with Crippen molar-refractivity contribution in [2.24, 2.45) is 0 Å². The van der Waals surface area contributed by atoms with Crippen LogP contribution in [-0.2, 0) is 17.5 Å². The maximum atomic E-state index is 13.2. The molecule has 2 aromatic rings. The Kier molecular flexibility index (Phi) is 6.01. The number of carbonyl (C=O) groups is 1. The van der Waals surface area contributed by atoms with E-state index >= 15 is 0 Å². The molecule has 2 rings (SSSR count). The van der Waals surface area contributed by atoms with Crippen molar-refractivity contribution in [1.82, 2.24) is 5.32 Å². The molecule has 1 amide bonds. The van der Waals surface area contributed by atoms with Crippen molar-refractivity contribution < 1.29 is 27.1 Å². The van der Waals surface area contributed by atoms with Crippen LogP contribution < -0.4 is 5.32 Å². The molecule has 0 unspecified atom stereocenters. The van der Waals surface area contributed by atoms with E-state index in [1.807, 2.05) is 6.07 Å². The first-order valence-electron chi connectivity index (χ1n) is 7.16. The summed E-state index contributed by atoms with van der Waals surface area (Å²) in [5, 5.41) is 2.33. The minimum absolute atomic E-state index is 0.0823. The Balaban J connectivity index is 1.86. The van der Waals surface area contributed by atoms with Crippen LogP contribution in [0.5, 0.6) is 0 Å². The van der Waals surface area contributed by atoms with E-state index in [-0.39, 0.29) is 18.7 Å². The van der Waals surface area contributed by atoms with Gasteiger partial charge in [0.2, 0.25) is 0 Å². The number of nitrogens with one attached hydrogen (secondary N) is 1. The van der Waals surface area contributed by atoms with Crippen molar-refractivity contribution in [1.29, 1.82) is 0 Å². The average Bonchev–Trinajstić information content (AvgIpc) is 2.56. The van der Waals surface area contributed by atoms with Crippen molar-refractivity contribution >= 4 is 6.09 Å². The minimum atomic E-state index is -4.65. The first kappa shape index (κ1) is 18.3. The third kappa shape index (κ3) is 6.18. The van der Waals surface area contributed by atoms with Crippen LogP contribution in [0.4, 0.5) is 22.4 Å². The number of halogens is 4. The predicted molar refractivity (Wildman–Crippen MR) is 82.9 cm³/mol. The molecule has 1 N–H and O–H groups in total. The van der Waals surface area contributed by atoms with Crippen LogP contribution in [-0.4, -0.2) is 12.6 Å². The topological polar surface area (TPSA) is 38.3 Å². The molecule has 2 aromatic carbocycles. The number of rotatable bonds is 3. The number of carbonyl (C=O) groups excluding carboxylic acids is 1. The van der Waals surface area contributed by atoms with Gasteiger partial charge in [-0.25, -0.2) is 9.18 Å². The van der Waals surface area contributed by atoms with E-state index in [1.165, 1.54) is 0 Å². The van der Waals surface area contributed by atoms with Gasteiger partial charge in [-0.15, -0.1) is 0 Å². The Morgan fingerprint density at radius 1 is 1.12 bits per heavy atom. The summed E-state index contributed by atoms with van der Waals surface area (Å²) in [6.07, 6.45) is -5.37. The molecule has 0 aromatic heterocycles. The van der Waals surface area contributed by atoms with Crippen LogP contribution in [0.25, 0.3) is 0 Å². The fraction of sp³-hybridized carbons (Fsp3) is 0.167. The third-order valence-electron chi connectivity index (χ3n) is 2.99. The second kappa shape index (κ2) is 8.20. The summed E-state index contributed by atoms with van der Waals surface area (Å²) in [5.41, 5.74) is -0.443. The third-order valence-corrected chi connectivity index (χ3v) is 2.99. The van der Waals surface area contributed by atoms with Gasteiger partial charge in [0, 0.05) is 5.56 Å². The molecule has 0 aliphatic rings. The Morgan fingerprint density at radius 3 is 2.52 bits per heavy atom. The molecule has 130 valence electrons. The maximum Gasteiger partial charge on any atom is 0.416 e. The van der Waals surface area contributed by atoms with Gasteiger partial charge in [0.25, 0.3) is 0 Å². The fourth-order valence-corrected chi connectivity index (χ4v) is 1.86. The van der Waals surface area contributed by atoms with Crippen molar-refractivity contribution in [2.75, 3.05) is 6.54 Å². The molecule has 0 aliphatic carbocycles.